The van der Waals surface area contributed by atoms with Gasteiger partial charge in [-0.3, -0.25) is 0 Å². The SMILES string of the molecule is COC(=O)C(C(=O)OC)=c1sc(=C(O)O)s1. The van der Waals surface area contributed by atoms with Gasteiger partial charge in [0.2, 0.25) is 0 Å². The summed E-state index contributed by atoms with van der Waals surface area (Å²) in [6.45, 7) is 0. The van der Waals surface area contributed by atoms with Gasteiger partial charge in [0.25, 0.3) is 0 Å². The molecule has 0 unspecified atom stereocenters. The molecule has 0 bridgehead atoms. The lowest BCUT2D eigenvalue weighted by Crippen LogP contribution is -2.25. The van der Waals surface area contributed by atoms with Crippen LogP contribution in [0.1, 0.15) is 0 Å². The van der Waals surface area contributed by atoms with E-state index in [9.17, 15) is 9.59 Å². The van der Waals surface area contributed by atoms with E-state index in [-0.39, 0.29) is 9.42 Å². The zero-order valence-corrected chi connectivity index (χ0v) is 9.98. The van der Waals surface area contributed by atoms with E-state index in [0.717, 1.165) is 36.9 Å². The third-order valence-corrected chi connectivity index (χ3v) is 4.05. The first-order chi connectivity index (χ1) is 7.51. The monoisotopic (exact) mass is 264 g/mol. The Morgan fingerprint density at radius 2 is 1.44 bits per heavy atom. The van der Waals surface area contributed by atoms with Crippen LogP contribution >= 0.6 is 22.7 Å². The number of hydrogen-bond acceptors (Lipinski definition) is 8. The minimum absolute atomic E-state index is 0.209. The van der Waals surface area contributed by atoms with Gasteiger partial charge in [-0.05, 0) is 0 Å². The third-order valence-electron chi connectivity index (χ3n) is 1.54. The molecule has 16 heavy (non-hydrogen) atoms. The van der Waals surface area contributed by atoms with Crippen molar-refractivity contribution in [2.45, 2.75) is 0 Å². The van der Waals surface area contributed by atoms with Gasteiger partial charge in [-0.25, -0.2) is 9.59 Å². The number of rotatable bonds is 2. The van der Waals surface area contributed by atoms with Crippen LogP contribution in [0.3, 0.4) is 0 Å². The molecule has 0 aliphatic heterocycles. The Morgan fingerprint density at radius 3 is 1.75 bits per heavy atom. The minimum Gasteiger partial charge on any atom is -0.479 e. The van der Waals surface area contributed by atoms with Crippen LogP contribution < -0.4 is 7.69 Å². The maximum atomic E-state index is 11.3. The summed E-state index contributed by atoms with van der Waals surface area (Å²) >= 11 is 1.80. The highest BCUT2D eigenvalue weighted by atomic mass is 32.2. The van der Waals surface area contributed by atoms with Crippen LogP contribution in [0.25, 0.3) is 11.5 Å². The number of carbonyl (C=O) groups excluding carboxylic acids is 2. The van der Waals surface area contributed by atoms with Gasteiger partial charge >= 0.3 is 17.9 Å². The molecule has 2 N–H and O–H groups in total. The molecule has 0 spiro atoms. The molecule has 1 aromatic heterocycles. The highest BCUT2D eigenvalue weighted by molar-refractivity contribution is 7.36. The molecule has 0 saturated carbocycles. The summed E-state index contributed by atoms with van der Waals surface area (Å²) < 4.78 is 9.37. The normalized spacial score (nSPS) is 9.62. The van der Waals surface area contributed by atoms with Crippen molar-refractivity contribution in [1.29, 1.82) is 0 Å². The zero-order chi connectivity index (χ0) is 12.3. The number of aliphatic hydroxyl groups excluding tert-OH is 1. The number of aliphatic hydroxyl groups is 2. The van der Waals surface area contributed by atoms with Crippen LogP contribution in [0, 0.1) is 0 Å². The average molecular weight is 264 g/mol. The van der Waals surface area contributed by atoms with E-state index < -0.39 is 17.9 Å². The van der Waals surface area contributed by atoms with Crippen LogP contribution in [-0.4, -0.2) is 36.4 Å². The molecular weight excluding hydrogens is 256 g/mol. The molecular formula is C8H8O6S2. The number of ether oxygens (including phenoxy) is 2. The summed E-state index contributed by atoms with van der Waals surface area (Å²) in [5.41, 5.74) is -0.245. The molecule has 6 nitrogen and oxygen atoms in total. The topological polar surface area (TPSA) is 93.1 Å². The van der Waals surface area contributed by atoms with Crippen molar-refractivity contribution >= 4 is 46.1 Å². The molecule has 0 fully saturated rings. The zero-order valence-electron chi connectivity index (χ0n) is 8.34. The molecule has 1 heterocycles. The van der Waals surface area contributed by atoms with E-state index in [4.69, 9.17) is 10.2 Å². The van der Waals surface area contributed by atoms with Crippen molar-refractivity contribution < 1.29 is 29.3 Å². The summed E-state index contributed by atoms with van der Waals surface area (Å²) in [4.78, 5) is 22.5. The highest BCUT2D eigenvalue weighted by Gasteiger charge is 2.23. The predicted octanol–water partition coefficient (Wildman–Crippen LogP) is -0.512. The summed E-state index contributed by atoms with van der Waals surface area (Å²) in [6.07, 6.45) is 0. The van der Waals surface area contributed by atoms with Gasteiger partial charge in [-0.2, -0.15) is 0 Å². The van der Waals surface area contributed by atoms with E-state index in [1.54, 1.807) is 0 Å². The Bertz CT molecular complexity index is 482. The summed E-state index contributed by atoms with van der Waals surface area (Å²) in [5.74, 6) is -2.48. The second kappa shape index (κ2) is 4.99. The number of esters is 2. The van der Waals surface area contributed by atoms with Gasteiger partial charge in [0.15, 0.2) is 9.42 Å². The van der Waals surface area contributed by atoms with Crippen LogP contribution in [-0.2, 0) is 19.1 Å². The number of carbonyl (C=O) groups is 2. The quantitative estimate of drug-likeness (QED) is 0.552. The Labute approximate surface area is 97.7 Å². The molecule has 0 aliphatic carbocycles. The van der Waals surface area contributed by atoms with Gasteiger partial charge in [-0.1, -0.05) is 0 Å². The average Bonchev–Trinajstić information content (AvgIpc) is 2.19. The second-order valence-corrected chi connectivity index (χ2v) is 5.02. The van der Waals surface area contributed by atoms with E-state index >= 15 is 0 Å². The van der Waals surface area contributed by atoms with E-state index in [1.165, 1.54) is 0 Å². The van der Waals surface area contributed by atoms with E-state index in [1.807, 2.05) is 0 Å². The summed E-state index contributed by atoms with van der Waals surface area (Å²) in [6, 6.07) is 0. The van der Waals surface area contributed by atoms with Gasteiger partial charge in [0.05, 0.1) is 14.2 Å². The van der Waals surface area contributed by atoms with Gasteiger partial charge in [0.1, 0.15) is 3.85 Å². The highest BCUT2D eigenvalue weighted by Crippen LogP contribution is 2.04. The fourth-order valence-electron chi connectivity index (χ4n) is 0.824. The van der Waals surface area contributed by atoms with Crippen LogP contribution in [0.5, 0.6) is 0 Å². The number of hydrogen-bond donors (Lipinski definition) is 2. The Hall–Kier alpha value is -1.54. The molecule has 0 aliphatic rings. The van der Waals surface area contributed by atoms with Crippen molar-refractivity contribution in [2.75, 3.05) is 14.2 Å². The van der Waals surface area contributed by atoms with Crippen LogP contribution in [0.15, 0.2) is 0 Å². The van der Waals surface area contributed by atoms with Crippen LogP contribution in [0.2, 0.25) is 0 Å². The Morgan fingerprint density at radius 1 is 1.00 bits per heavy atom. The van der Waals surface area contributed by atoms with Crippen molar-refractivity contribution in [3.63, 3.8) is 0 Å². The van der Waals surface area contributed by atoms with Crippen molar-refractivity contribution in [1.82, 2.24) is 0 Å². The van der Waals surface area contributed by atoms with Crippen molar-refractivity contribution in [3.8, 4) is 0 Å². The summed E-state index contributed by atoms with van der Waals surface area (Å²) in [5, 5.41) is 17.4. The first-order valence-electron chi connectivity index (χ1n) is 3.90. The van der Waals surface area contributed by atoms with Crippen LogP contribution in [0.4, 0.5) is 0 Å². The fourth-order valence-corrected chi connectivity index (χ4v) is 2.65. The molecule has 0 saturated heterocycles. The van der Waals surface area contributed by atoms with E-state index in [0.29, 0.717) is 3.85 Å². The minimum atomic E-state index is -0.840. The third kappa shape index (κ3) is 2.34. The van der Waals surface area contributed by atoms with E-state index in [2.05, 4.69) is 9.47 Å². The predicted molar refractivity (Wildman–Crippen MR) is 57.6 cm³/mol. The Kier molecular flexibility index (Phi) is 3.91. The lowest BCUT2D eigenvalue weighted by atomic mass is 10.3. The van der Waals surface area contributed by atoms with Gasteiger partial charge in [-0.15, -0.1) is 22.7 Å². The first-order valence-corrected chi connectivity index (χ1v) is 5.53. The number of methoxy groups -OCH3 is 2. The van der Waals surface area contributed by atoms with Crippen molar-refractivity contribution in [2.24, 2.45) is 0 Å². The largest absolute Gasteiger partial charge is 0.479 e. The molecule has 1 rings (SSSR count). The molecule has 8 heteroatoms. The van der Waals surface area contributed by atoms with Crippen molar-refractivity contribution in [3.05, 3.63) is 7.69 Å². The maximum Gasteiger partial charge on any atom is 0.347 e. The molecule has 0 atom stereocenters. The maximum absolute atomic E-state index is 11.3. The lowest BCUT2D eigenvalue weighted by Gasteiger charge is -2.03. The first kappa shape index (κ1) is 12.5. The summed E-state index contributed by atoms with van der Waals surface area (Å²) in [7, 11) is 2.28. The standard InChI is InChI=1S/C8H8O6S2/c1-13-5(11)3(6(12)14-2)7-15-8(16-7)4(9)10/h9-10H,1-2H3. The molecule has 88 valence electrons. The Balaban J connectivity index is 3.32. The molecule has 0 radical (unpaired) electrons. The molecule has 1 aromatic rings. The van der Waals surface area contributed by atoms with Gasteiger partial charge in [0, 0.05) is 0 Å². The molecule has 0 amide bonds. The molecule has 0 aromatic carbocycles. The second-order valence-electron chi connectivity index (χ2n) is 2.46. The fraction of sp³-hybridized carbons (Fsp3) is 0.250. The lowest BCUT2D eigenvalue weighted by molar-refractivity contribution is -0.140. The van der Waals surface area contributed by atoms with Gasteiger partial charge < -0.3 is 19.7 Å². The smallest absolute Gasteiger partial charge is 0.347 e.